The molecule has 0 radical (unpaired) electrons. The quantitative estimate of drug-likeness (QED) is 0.772. The third-order valence-electron chi connectivity index (χ3n) is 4.91. The number of likely N-dealkylation sites (N-methyl/N-ethyl adjacent to an activating group) is 2. The number of piperazine rings is 1. The van der Waals surface area contributed by atoms with E-state index in [0.29, 0.717) is 13.1 Å². The Morgan fingerprint density at radius 2 is 1.65 bits per heavy atom. The van der Waals surface area contributed by atoms with Gasteiger partial charge in [-0.1, -0.05) is 0 Å². The minimum Gasteiger partial charge on any atom is -0.444 e. The Hall–Kier alpha value is -1.34. The van der Waals surface area contributed by atoms with Crippen LogP contribution in [0.4, 0.5) is 4.79 Å². The average Bonchev–Trinajstić information content (AvgIpc) is 2.51. The van der Waals surface area contributed by atoms with Crippen LogP contribution in [0.2, 0.25) is 0 Å². The minimum atomic E-state index is -0.566. The molecule has 152 valence electrons. The zero-order chi connectivity index (χ0) is 20.1. The maximum atomic E-state index is 12.8. The SMILES string of the molecule is CCN(C(=O)OC(C)(C)C)[C@H](C)CNC(=O)C(C)(C)N1CCN(C)CC1. The van der Waals surface area contributed by atoms with Gasteiger partial charge in [-0.25, -0.2) is 4.79 Å². The van der Waals surface area contributed by atoms with Gasteiger partial charge in [0, 0.05) is 45.3 Å². The summed E-state index contributed by atoms with van der Waals surface area (Å²) in [6, 6.07) is -0.137. The van der Waals surface area contributed by atoms with Crippen molar-refractivity contribution >= 4 is 12.0 Å². The molecule has 1 fully saturated rings. The van der Waals surface area contributed by atoms with Crippen LogP contribution in [-0.2, 0) is 9.53 Å². The normalized spacial score (nSPS) is 18.3. The second-order valence-corrected chi connectivity index (χ2v) is 8.67. The maximum Gasteiger partial charge on any atom is 0.410 e. The number of carbonyl (C=O) groups excluding carboxylic acids is 2. The molecule has 1 aliphatic heterocycles. The molecule has 2 amide bonds. The molecule has 0 spiro atoms. The third-order valence-corrected chi connectivity index (χ3v) is 4.91. The smallest absolute Gasteiger partial charge is 0.410 e. The Bertz CT molecular complexity index is 480. The number of rotatable bonds is 6. The second kappa shape index (κ2) is 9.04. The predicted octanol–water partition coefficient (Wildman–Crippen LogP) is 1.77. The van der Waals surface area contributed by atoms with E-state index < -0.39 is 11.1 Å². The minimum absolute atomic E-state index is 0.00542. The zero-order valence-corrected chi connectivity index (χ0v) is 17.9. The van der Waals surface area contributed by atoms with Crippen molar-refractivity contribution in [3.05, 3.63) is 0 Å². The highest BCUT2D eigenvalue weighted by atomic mass is 16.6. The van der Waals surface area contributed by atoms with Crippen LogP contribution in [0.1, 0.15) is 48.5 Å². The zero-order valence-electron chi connectivity index (χ0n) is 17.9. The first-order valence-corrected chi connectivity index (χ1v) is 9.60. The van der Waals surface area contributed by atoms with Crippen LogP contribution in [0.15, 0.2) is 0 Å². The van der Waals surface area contributed by atoms with Crippen LogP contribution in [-0.4, -0.2) is 90.2 Å². The van der Waals surface area contributed by atoms with E-state index in [4.69, 9.17) is 4.74 Å². The van der Waals surface area contributed by atoms with Crippen LogP contribution < -0.4 is 5.32 Å². The van der Waals surface area contributed by atoms with Crippen molar-refractivity contribution in [1.82, 2.24) is 20.0 Å². The Balaban J connectivity index is 2.59. The summed E-state index contributed by atoms with van der Waals surface area (Å²) in [5.74, 6) is -0.00542. The molecular formula is C19H38N4O3. The van der Waals surface area contributed by atoms with Gasteiger partial charge >= 0.3 is 6.09 Å². The Labute approximate surface area is 159 Å². The molecule has 1 heterocycles. The third kappa shape index (κ3) is 6.43. The molecule has 0 bridgehead atoms. The lowest BCUT2D eigenvalue weighted by Crippen LogP contribution is -2.61. The average molecular weight is 371 g/mol. The summed E-state index contributed by atoms with van der Waals surface area (Å²) < 4.78 is 5.45. The summed E-state index contributed by atoms with van der Waals surface area (Å²) >= 11 is 0. The number of ether oxygens (including phenoxy) is 1. The molecular weight excluding hydrogens is 332 g/mol. The number of nitrogens with zero attached hydrogens (tertiary/aromatic N) is 3. The molecule has 0 aromatic rings. The van der Waals surface area contributed by atoms with Gasteiger partial charge in [-0.3, -0.25) is 9.69 Å². The lowest BCUT2D eigenvalue weighted by Gasteiger charge is -2.42. The van der Waals surface area contributed by atoms with Crippen LogP contribution >= 0.6 is 0 Å². The van der Waals surface area contributed by atoms with Gasteiger partial charge in [0.15, 0.2) is 0 Å². The molecule has 1 saturated heterocycles. The number of hydrogen-bond donors (Lipinski definition) is 1. The van der Waals surface area contributed by atoms with Crippen molar-refractivity contribution in [3.63, 3.8) is 0 Å². The topological polar surface area (TPSA) is 65.1 Å². The highest BCUT2D eigenvalue weighted by Gasteiger charge is 2.36. The van der Waals surface area contributed by atoms with Gasteiger partial charge in [0.05, 0.1) is 5.54 Å². The molecule has 0 aromatic heterocycles. The van der Waals surface area contributed by atoms with Gasteiger partial charge in [0.2, 0.25) is 5.91 Å². The first kappa shape index (κ1) is 22.7. The monoisotopic (exact) mass is 370 g/mol. The Morgan fingerprint density at radius 3 is 2.12 bits per heavy atom. The van der Waals surface area contributed by atoms with Gasteiger partial charge in [-0.05, 0) is 55.5 Å². The summed E-state index contributed by atoms with van der Waals surface area (Å²) in [6.45, 7) is 18.0. The van der Waals surface area contributed by atoms with E-state index in [1.54, 1.807) is 4.90 Å². The lowest BCUT2D eigenvalue weighted by molar-refractivity contribution is -0.133. The molecule has 0 aliphatic carbocycles. The van der Waals surface area contributed by atoms with E-state index >= 15 is 0 Å². The van der Waals surface area contributed by atoms with E-state index in [1.807, 2.05) is 48.5 Å². The highest BCUT2D eigenvalue weighted by molar-refractivity contribution is 5.85. The van der Waals surface area contributed by atoms with E-state index in [9.17, 15) is 9.59 Å². The molecule has 1 aliphatic rings. The molecule has 1 atom stereocenters. The summed E-state index contributed by atoms with van der Waals surface area (Å²) in [6.07, 6.45) is -0.347. The van der Waals surface area contributed by atoms with Crippen LogP contribution in [0, 0.1) is 0 Å². The molecule has 26 heavy (non-hydrogen) atoms. The molecule has 0 saturated carbocycles. The fourth-order valence-electron chi connectivity index (χ4n) is 3.02. The Kier molecular flexibility index (Phi) is 7.89. The summed E-state index contributed by atoms with van der Waals surface area (Å²) in [4.78, 5) is 31.2. The Morgan fingerprint density at radius 1 is 1.12 bits per heavy atom. The summed E-state index contributed by atoms with van der Waals surface area (Å²) in [5, 5.41) is 3.02. The van der Waals surface area contributed by atoms with E-state index in [0.717, 1.165) is 26.2 Å². The van der Waals surface area contributed by atoms with E-state index in [-0.39, 0.29) is 18.0 Å². The molecule has 7 nitrogen and oxygen atoms in total. The van der Waals surface area contributed by atoms with Gasteiger partial charge in [-0.2, -0.15) is 0 Å². The number of nitrogens with one attached hydrogen (secondary N) is 1. The number of carbonyl (C=O) groups is 2. The van der Waals surface area contributed by atoms with Crippen molar-refractivity contribution in [2.24, 2.45) is 0 Å². The van der Waals surface area contributed by atoms with Crippen molar-refractivity contribution in [3.8, 4) is 0 Å². The van der Waals surface area contributed by atoms with Gasteiger partial charge in [0.1, 0.15) is 5.60 Å². The standard InChI is InChI=1S/C19H38N4O3/c1-9-23(17(25)26-18(3,4)5)15(2)14-20-16(24)19(6,7)22-12-10-21(8)11-13-22/h15H,9-14H2,1-8H3,(H,20,24)/t15-/m1/s1. The van der Waals surface area contributed by atoms with E-state index in [2.05, 4.69) is 22.2 Å². The fraction of sp³-hybridized carbons (Fsp3) is 0.895. The maximum absolute atomic E-state index is 12.8. The van der Waals surface area contributed by atoms with Gasteiger partial charge < -0.3 is 19.9 Å². The van der Waals surface area contributed by atoms with Gasteiger partial charge in [0.25, 0.3) is 0 Å². The highest BCUT2D eigenvalue weighted by Crippen LogP contribution is 2.17. The molecule has 0 aromatic carbocycles. The van der Waals surface area contributed by atoms with Gasteiger partial charge in [-0.15, -0.1) is 0 Å². The summed E-state index contributed by atoms with van der Waals surface area (Å²) in [7, 11) is 2.10. The molecule has 1 rings (SSSR count). The van der Waals surface area contributed by atoms with Crippen molar-refractivity contribution in [2.75, 3.05) is 46.3 Å². The predicted molar refractivity (Wildman–Crippen MR) is 104 cm³/mol. The van der Waals surface area contributed by atoms with E-state index in [1.165, 1.54) is 0 Å². The van der Waals surface area contributed by atoms with Crippen molar-refractivity contribution < 1.29 is 14.3 Å². The second-order valence-electron chi connectivity index (χ2n) is 8.67. The van der Waals surface area contributed by atoms with Crippen molar-refractivity contribution in [2.45, 2.75) is 65.6 Å². The van der Waals surface area contributed by atoms with Crippen LogP contribution in [0.25, 0.3) is 0 Å². The van der Waals surface area contributed by atoms with Crippen LogP contribution in [0.3, 0.4) is 0 Å². The first-order valence-electron chi connectivity index (χ1n) is 9.60. The lowest BCUT2D eigenvalue weighted by atomic mass is 10.00. The molecule has 7 heteroatoms. The first-order chi connectivity index (χ1) is 11.9. The fourth-order valence-corrected chi connectivity index (χ4v) is 3.02. The summed E-state index contributed by atoms with van der Waals surface area (Å²) in [5.41, 5.74) is -1.10. The molecule has 0 unspecified atom stereocenters. The number of amides is 2. The largest absolute Gasteiger partial charge is 0.444 e. The molecule has 1 N–H and O–H groups in total. The number of hydrogen-bond acceptors (Lipinski definition) is 5. The van der Waals surface area contributed by atoms with Crippen LogP contribution in [0.5, 0.6) is 0 Å². The van der Waals surface area contributed by atoms with Crippen molar-refractivity contribution in [1.29, 1.82) is 0 Å².